The number of rotatable bonds is 0. The topological polar surface area (TPSA) is 0 Å². The maximum Gasteiger partial charge on any atom is 1.00 e. The van der Waals surface area contributed by atoms with Crippen molar-refractivity contribution < 1.29 is 72.7 Å². The average molecular weight is 328 g/mol. The number of hydrogen-bond donors (Lipinski definition) is 0. The molecule has 0 aliphatic heterocycles. The molecule has 0 aromatic carbocycles. The van der Waals surface area contributed by atoms with Gasteiger partial charge in [0, 0.05) is 41.7 Å². The Balaban J connectivity index is 0. The van der Waals surface area contributed by atoms with Gasteiger partial charge in [0.1, 0.15) is 0 Å². The number of hydrogen-bond acceptors (Lipinski definition) is 0. The molecule has 0 spiro atoms. The molecular formula is H3CeClINa. The second kappa shape index (κ2) is 16.1. The van der Waals surface area contributed by atoms with Gasteiger partial charge in [-0.25, -0.2) is 0 Å². The van der Waals surface area contributed by atoms with Crippen molar-refractivity contribution in [3.05, 3.63) is 0 Å². The Bertz CT molecular complexity index is 11.6. The van der Waals surface area contributed by atoms with Crippen LogP contribution >= 0.6 is 36.4 Å². The summed E-state index contributed by atoms with van der Waals surface area (Å²) in [7, 11) is 0. The van der Waals surface area contributed by atoms with E-state index in [4.69, 9.17) is 0 Å². The third kappa shape index (κ3) is 9.04. The zero-order chi connectivity index (χ0) is 0. The third-order valence-corrected chi connectivity index (χ3v) is 0. The van der Waals surface area contributed by atoms with Gasteiger partial charge >= 0.3 is 29.6 Å². The summed E-state index contributed by atoms with van der Waals surface area (Å²) >= 11 is 0. The third-order valence-electron chi connectivity index (χ3n) is 0. The van der Waals surface area contributed by atoms with Gasteiger partial charge in [-0.3, -0.25) is 0 Å². The normalized spacial score (nSPS) is 0. The Labute approximate surface area is 106 Å². The van der Waals surface area contributed by atoms with Gasteiger partial charge in [0.05, 0.1) is 0 Å². The van der Waals surface area contributed by atoms with Crippen LogP contribution in [0.5, 0.6) is 0 Å². The van der Waals surface area contributed by atoms with Crippen molar-refractivity contribution in [2.24, 2.45) is 0 Å². The van der Waals surface area contributed by atoms with Crippen LogP contribution in [0.25, 0.3) is 0 Å². The zero-order valence-electron chi connectivity index (χ0n) is 3.32. The molecule has 0 amide bonds. The minimum Gasteiger partial charge on any atom is -1.00 e. The van der Waals surface area contributed by atoms with Crippen LogP contribution in [-0.4, -0.2) is 0 Å². The summed E-state index contributed by atoms with van der Waals surface area (Å²) in [6.45, 7) is 0. The molecule has 0 heterocycles. The molecule has 0 saturated carbocycles. The van der Waals surface area contributed by atoms with Crippen LogP contribution in [0.3, 0.4) is 0 Å². The van der Waals surface area contributed by atoms with Crippen molar-refractivity contribution in [1.82, 2.24) is 0 Å². The van der Waals surface area contributed by atoms with Crippen LogP contribution in [0.1, 0.15) is 1.43 Å². The fraction of sp³-hybridized carbons (Fsp3) is 0. The van der Waals surface area contributed by atoms with Crippen molar-refractivity contribution >= 4 is 36.4 Å². The van der Waals surface area contributed by atoms with Gasteiger partial charge in [-0.1, -0.05) is 0 Å². The van der Waals surface area contributed by atoms with Gasteiger partial charge in [-0.05, 0) is 0 Å². The van der Waals surface area contributed by atoms with E-state index in [0.29, 0.717) is 0 Å². The largest absolute Gasteiger partial charge is 1.00 e. The van der Waals surface area contributed by atoms with Crippen LogP contribution in [0.4, 0.5) is 0 Å². The second-order valence-corrected chi connectivity index (χ2v) is 0. The molecule has 4 heteroatoms. The van der Waals surface area contributed by atoms with Gasteiger partial charge < -0.3 is 1.43 Å². The van der Waals surface area contributed by atoms with E-state index in [1.54, 1.807) is 0 Å². The Kier molecular flexibility index (Phi) is 106. The smallest absolute Gasteiger partial charge is 1.00 e. The van der Waals surface area contributed by atoms with E-state index in [1.165, 1.54) is 0 Å². The molecule has 0 aliphatic carbocycles. The summed E-state index contributed by atoms with van der Waals surface area (Å²) in [4.78, 5) is 0. The standard InChI is InChI=1S/Ce.ClH.HI.Na.H/h;2*1H;;/q;;;+1;-1. The SMILES string of the molecule is Cl.I.[Ce].[H-].[Na+]. The first-order valence-electron chi connectivity index (χ1n) is 0. The molecule has 0 aromatic heterocycles. The predicted octanol–water partition coefficient (Wildman–Crippen LogP) is -1.84. The zero-order valence-corrected chi connectivity index (χ0v) is 10.6. The van der Waals surface area contributed by atoms with E-state index in [1.807, 2.05) is 0 Å². The van der Waals surface area contributed by atoms with Crippen molar-refractivity contribution in [3.63, 3.8) is 0 Å². The molecule has 0 rings (SSSR count). The van der Waals surface area contributed by atoms with Crippen LogP contribution < -0.4 is 29.6 Å². The predicted molar refractivity (Wildman–Crippen MR) is 23.8 cm³/mol. The van der Waals surface area contributed by atoms with E-state index >= 15 is 0 Å². The summed E-state index contributed by atoms with van der Waals surface area (Å²) in [6.07, 6.45) is 0. The maximum atomic E-state index is 0. The van der Waals surface area contributed by atoms with Gasteiger partial charge in [-0.2, -0.15) is 0 Å². The van der Waals surface area contributed by atoms with Gasteiger partial charge in [0.2, 0.25) is 0 Å². The Morgan fingerprint density at radius 3 is 1.25 bits per heavy atom. The molecule has 0 unspecified atom stereocenters. The van der Waals surface area contributed by atoms with E-state index in [9.17, 15) is 0 Å². The van der Waals surface area contributed by atoms with Crippen LogP contribution in [-0.2, 0) is 0 Å². The maximum absolute atomic E-state index is 0. The fourth-order valence-electron chi connectivity index (χ4n) is 0. The second-order valence-electron chi connectivity index (χ2n) is 0. The minimum atomic E-state index is 0. The number of halogens is 2. The van der Waals surface area contributed by atoms with Crippen molar-refractivity contribution in [2.75, 3.05) is 0 Å². The van der Waals surface area contributed by atoms with E-state index < -0.39 is 0 Å². The van der Waals surface area contributed by atoms with Crippen molar-refractivity contribution in [3.8, 4) is 0 Å². The molecule has 0 bridgehead atoms. The molecule has 0 nitrogen and oxygen atoms in total. The molecule has 0 atom stereocenters. The first-order valence-corrected chi connectivity index (χ1v) is 0. The first-order chi connectivity index (χ1) is 0. The first kappa shape index (κ1) is 26.2. The summed E-state index contributed by atoms with van der Waals surface area (Å²) < 4.78 is 0. The van der Waals surface area contributed by atoms with Crippen LogP contribution in [0, 0.1) is 41.7 Å². The minimum absolute atomic E-state index is 0. The monoisotopic (exact) mass is 328 g/mol. The molecule has 0 aliphatic rings. The summed E-state index contributed by atoms with van der Waals surface area (Å²) in [6, 6.07) is 0. The molecular weight excluding hydrogens is 325 g/mol. The summed E-state index contributed by atoms with van der Waals surface area (Å²) in [5.41, 5.74) is 0. The molecule has 22 valence electrons. The van der Waals surface area contributed by atoms with E-state index in [0.717, 1.165) is 0 Å². The fourth-order valence-corrected chi connectivity index (χ4v) is 0. The van der Waals surface area contributed by atoms with Crippen molar-refractivity contribution in [1.29, 1.82) is 0 Å². The Morgan fingerprint density at radius 2 is 1.25 bits per heavy atom. The Morgan fingerprint density at radius 1 is 1.25 bits per heavy atom. The van der Waals surface area contributed by atoms with Gasteiger partial charge in [-0.15, -0.1) is 36.4 Å². The van der Waals surface area contributed by atoms with Crippen LogP contribution in [0.2, 0.25) is 0 Å². The summed E-state index contributed by atoms with van der Waals surface area (Å²) in [5, 5.41) is 0. The van der Waals surface area contributed by atoms with E-state index in [-0.39, 0.29) is 109 Å². The molecule has 0 saturated heterocycles. The molecule has 0 fully saturated rings. The molecule has 0 radical (unpaired) electrons. The van der Waals surface area contributed by atoms with Crippen LogP contribution in [0.15, 0.2) is 0 Å². The van der Waals surface area contributed by atoms with E-state index in [2.05, 4.69) is 0 Å². The molecule has 4 heavy (non-hydrogen) atoms. The quantitative estimate of drug-likeness (QED) is 0.362. The van der Waals surface area contributed by atoms with Gasteiger partial charge in [0.15, 0.2) is 0 Å². The Hall–Kier alpha value is 3.40. The molecule has 0 N–H and O–H groups in total. The molecule has 0 aromatic rings. The van der Waals surface area contributed by atoms with Crippen molar-refractivity contribution in [2.45, 2.75) is 0 Å². The average Bonchev–Trinajstić information content (AvgIpc) is 0. The summed E-state index contributed by atoms with van der Waals surface area (Å²) in [5.74, 6) is 0. The van der Waals surface area contributed by atoms with Gasteiger partial charge in [0.25, 0.3) is 0 Å².